The van der Waals surface area contributed by atoms with Crippen molar-refractivity contribution in [2.45, 2.75) is 13.3 Å². The molecule has 0 unspecified atom stereocenters. The van der Waals surface area contributed by atoms with Crippen molar-refractivity contribution >= 4 is 51.9 Å². The zero-order valence-corrected chi connectivity index (χ0v) is 17.4. The number of nitrogens with zero attached hydrogens (tertiary/aromatic N) is 1. The third kappa shape index (κ3) is 5.56. The van der Waals surface area contributed by atoms with Crippen molar-refractivity contribution in [1.82, 2.24) is 4.90 Å². The number of amides is 2. The minimum atomic E-state index is -0.301. The molecule has 0 saturated carbocycles. The average Bonchev–Trinajstić information content (AvgIpc) is 2.95. The van der Waals surface area contributed by atoms with E-state index in [1.54, 1.807) is 18.2 Å². The van der Waals surface area contributed by atoms with Gasteiger partial charge >= 0.3 is 0 Å². The summed E-state index contributed by atoms with van der Waals surface area (Å²) in [5.74, 6) is -0.504. The Bertz CT molecular complexity index is 1000. The first kappa shape index (κ1) is 20.8. The number of phenolic OH excluding ortho intramolecular Hbond substituents is 1. The monoisotopic (exact) mass is 424 g/mol. The molecule has 0 aliphatic carbocycles. The van der Waals surface area contributed by atoms with Gasteiger partial charge in [-0.2, -0.15) is 0 Å². The molecular formula is C22H20N2O3S2. The van der Waals surface area contributed by atoms with E-state index in [2.05, 4.69) is 5.32 Å². The fraction of sp³-hybridized carbons (Fsp3) is 0.136. The van der Waals surface area contributed by atoms with Crippen LogP contribution in [0.2, 0.25) is 0 Å². The average molecular weight is 425 g/mol. The number of nitrogens with one attached hydrogen (secondary N) is 1. The molecule has 2 N–H and O–H groups in total. The standard InChI is InChI=1S/C22H20N2O3S2/c1-15(13-16-7-3-2-4-8-16)14-19-21(27)24(22(28)29-19)12-11-20(26)23-17-9-5-6-10-18(17)25/h2-10,13-14,25H,11-12H2,1H3,(H,23,26). The van der Waals surface area contributed by atoms with Gasteiger partial charge in [-0.1, -0.05) is 72.5 Å². The molecule has 0 radical (unpaired) electrons. The Morgan fingerprint density at radius 1 is 1.17 bits per heavy atom. The first-order valence-electron chi connectivity index (χ1n) is 9.00. The molecule has 0 bridgehead atoms. The molecule has 148 valence electrons. The number of hydrogen-bond acceptors (Lipinski definition) is 5. The molecule has 1 aliphatic rings. The van der Waals surface area contributed by atoms with Crippen molar-refractivity contribution in [2.24, 2.45) is 0 Å². The van der Waals surface area contributed by atoms with Crippen LogP contribution in [-0.4, -0.2) is 32.7 Å². The number of para-hydroxylation sites is 2. The van der Waals surface area contributed by atoms with E-state index in [1.807, 2.05) is 49.4 Å². The lowest BCUT2D eigenvalue weighted by Gasteiger charge is -2.14. The van der Waals surface area contributed by atoms with Crippen LogP contribution >= 0.6 is 24.0 Å². The topological polar surface area (TPSA) is 69.6 Å². The zero-order valence-electron chi connectivity index (χ0n) is 15.8. The van der Waals surface area contributed by atoms with Crippen LogP contribution in [0.5, 0.6) is 5.75 Å². The van der Waals surface area contributed by atoms with Gasteiger partial charge in [-0.25, -0.2) is 0 Å². The van der Waals surface area contributed by atoms with Gasteiger partial charge in [0.25, 0.3) is 5.91 Å². The van der Waals surface area contributed by atoms with E-state index in [0.717, 1.165) is 11.1 Å². The van der Waals surface area contributed by atoms with Crippen LogP contribution in [0, 0.1) is 0 Å². The third-order valence-corrected chi connectivity index (χ3v) is 5.54. The molecule has 0 atom stereocenters. The SMILES string of the molecule is CC(=Cc1ccccc1)C=C1SC(=S)N(CCC(=O)Nc2ccccc2O)C1=O. The van der Waals surface area contributed by atoms with Crippen molar-refractivity contribution in [3.63, 3.8) is 0 Å². The minimum Gasteiger partial charge on any atom is -0.506 e. The summed E-state index contributed by atoms with van der Waals surface area (Å²) in [7, 11) is 0. The highest BCUT2D eigenvalue weighted by molar-refractivity contribution is 8.26. The van der Waals surface area contributed by atoms with Crippen molar-refractivity contribution in [2.75, 3.05) is 11.9 Å². The molecule has 2 aromatic rings. The van der Waals surface area contributed by atoms with Gasteiger partial charge in [0.1, 0.15) is 10.1 Å². The van der Waals surface area contributed by atoms with Crippen molar-refractivity contribution < 1.29 is 14.7 Å². The molecule has 2 aromatic carbocycles. The molecule has 1 heterocycles. The fourth-order valence-corrected chi connectivity index (χ4v) is 4.12. The lowest BCUT2D eigenvalue weighted by atomic mass is 10.1. The van der Waals surface area contributed by atoms with Gasteiger partial charge in [-0.15, -0.1) is 0 Å². The van der Waals surface area contributed by atoms with E-state index in [-0.39, 0.29) is 30.5 Å². The number of carbonyl (C=O) groups is 2. The Balaban J connectivity index is 1.61. The van der Waals surface area contributed by atoms with E-state index in [0.29, 0.717) is 14.9 Å². The van der Waals surface area contributed by atoms with Crippen LogP contribution in [0.25, 0.3) is 6.08 Å². The molecule has 3 rings (SSSR count). The normalized spacial score (nSPS) is 15.8. The molecule has 1 aliphatic heterocycles. The first-order chi connectivity index (χ1) is 13.9. The van der Waals surface area contributed by atoms with E-state index in [9.17, 15) is 14.7 Å². The molecule has 5 nitrogen and oxygen atoms in total. The van der Waals surface area contributed by atoms with Gasteiger partial charge in [0.15, 0.2) is 0 Å². The summed E-state index contributed by atoms with van der Waals surface area (Å²) in [4.78, 5) is 26.8. The number of anilines is 1. The van der Waals surface area contributed by atoms with E-state index in [4.69, 9.17) is 12.2 Å². The number of allylic oxidation sites excluding steroid dienone is 2. The molecule has 7 heteroatoms. The fourth-order valence-electron chi connectivity index (χ4n) is 2.76. The summed E-state index contributed by atoms with van der Waals surface area (Å²) in [5.41, 5.74) is 2.33. The molecule has 0 aromatic heterocycles. The highest BCUT2D eigenvalue weighted by Gasteiger charge is 2.32. The molecule has 1 fully saturated rings. The lowest BCUT2D eigenvalue weighted by molar-refractivity contribution is -0.122. The number of aromatic hydroxyl groups is 1. The number of rotatable bonds is 6. The highest BCUT2D eigenvalue weighted by Crippen LogP contribution is 2.32. The van der Waals surface area contributed by atoms with Gasteiger partial charge < -0.3 is 10.4 Å². The van der Waals surface area contributed by atoms with Gasteiger partial charge in [-0.3, -0.25) is 14.5 Å². The smallest absolute Gasteiger partial charge is 0.266 e. The number of benzene rings is 2. The Hall–Kier alpha value is -2.90. The van der Waals surface area contributed by atoms with E-state index >= 15 is 0 Å². The number of carbonyl (C=O) groups excluding carboxylic acids is 2. The summed E-state index contributed by atoms with van der Waals surface area (Å²) in [5, 5.41) is 12.4. The molecule has 29 heavy (non-hydrogen) atoms. The second kappa shape index (κ2) is 9.54. The summed E-state index contributed by atoms with van der Waals surface area (Å²) in [6.07, 6.45) is 3.88. The second-order valence-corrected chi connectivity index (χ2v) is 8.12. The summed E-state index contributed by atoms with van der Waals surface area (Å²) in [6, 6.07) is 16.3. The van der Waals surface area contributed by atoms with Gasteiger partial charge in [0, 0.05) is 13.0 Å². The van der Waals surface area contributed by atoms with Crippen LogP contribution in [0.3, 0.4) is 0 Å². The lowest BCUT2D eigenvalue weighted by Crippen LogP contribution is -2.31. The Morgan fingerprint density at radius 2 is 1.86 bits per heavy atom. The number of thiocarbonyl (C=S) groups is 1. The molecule has 2 amide bonds. The Labute approximate surface area is 179 Å². The van der Waals surface area contributed by atoms with Crippen LogP contribution in [0.1, 0.15) is 18.9 Å². The van der Waals surface area contributed by atoms with Gasteiger partial charge in [0.05, 0.1) is 10.6 Å². The zero-order chi connectivity index (χ0) is 20.8. The molecular weight excluding hydrogens is 404 g/mol. The maximum Gasteiger partial charge on any atom is 0.266 e. The maximum atomic E-state index is 12.7. The quantitative estimate of drug-likeness (QED) is 0.404. The van der Waals surface area contributed by atoms with Crippen LogP contribution in [-0.2, 0) is 9.59 Å². The van der Waals surface area contributed by atoms with Crippen LogP contribution in [0.15, 0.2) is 71.2 Å². The van der Waals surface area contributed by atoms with Gasteiger partial charge in [0.2, 0.25) is 5.91 Å². The van der Waals surface area contributed by atoms with Crippen LogP contribution < -0.4 is 5.32 Å². The Morgan fingerprint density at radius 3 is 2.59 bits per heavy atom. The highest BCUT2D eigenvalue weighted by atomic mass is 32.2. The number of phenols is 1. The first-order valence-corrected chi connectivity index (χ1v) is 10.2. The molecule has 0 spiro atoms. The summed E-state index contributed by atoms with van der Waals surface area (Å²) in [6.45, 7) is 2.11. The third-order valence-electron chi connectivity index (χ3n) is 4.17. The number of thioether (sulfide) groups is 1. The largest absolute Gasteiger partial charge is 0.506 e. The summed E-state index contributed by atoms with van der Waals surface area (Å²) < 4.78 is 0.434. The second-order valence-electron chi connectivity index (χ2n) is 6.45. The van der Waals surface area contributed by atoms with Gasteiger partial charge in [-0.05, 0) is 36.3 Å². The summed E-state index contributed by atoms with van der Waals surface area (Å²) >= 11 is 6.55. The van der Waals surface area contributed by atoms with Crippen molar-refractivity contribution in [3.8, 4) is 5.75 Å². The van der Waals surface area contributed by atoms with Crippen LogP contribution in [0.4, 0.5) is 5.69 Å². The van der Waals surface area contributed by atoms with Crippen molar-refractivity contribution in [1.29, 1.82) is 0 Å². The van der Waals surface area contributed by atoms with E-state index < -0.39 is 0 Å². The maximum absolute atomic E-state index is 12.7. The van der Waals surface area contributed by atoms with E-state index in [1.165, 1.54) is 22.7 Å². The number of hydrogen-bond donors (Lipinski definition) is 2. The minimum absolute atomic E-state index is 0.00456. The predicted octanol–water partition coefficient (Wildman–Crippen LogP) is 4.57. The Kier molecular flexibility index (Phi) is 6.85. The van der Waals surface area contributed by atoms with Crippen molar-refractivity contribution in [3.05, 3.63) is 76.7 Å². The molecule has 1 saturated heterocycles. The predicted molar refractivity (Wildman–Crippen MR) is 121 cm³/mol.